The minimum atomic E-state index is -0.738. The van der Waals surface area contributed by atoms with Gasteiger partial charge >= 0.3 is 0 Å². The van der Waals surface area contributed by atoms with Gasteiger partial charge in [0.25, 0.3) is 0 Å². The van der Waals surface area contributed by atoms with Gasteiger partial charge in [-0.05, 0) is 47.4 Å². The summed E-state index contributed by atoms with van der Waals surface area (Å²) >= 11 is 6.02. The van der Waals surface area contributed by atoms with Crippen LogP contribution in [0.3, 0.4) is 0 Å². The number of nitrogens with one attached hydrogen (secondary N) is 1. The highest BCUT2D eigenvalue weighted by Crippen LogP contribution is 2.25. The van der Waals surface area contributed by atoms with Gasteiger partial charge in [0, 0.05) is 36.9 Å². The van der Waals surface area contributed by atoms with Gasteiger partial charge in [0.1, 0.15) is 6.04 Å². The highest BCUT2D eigenvalue weighted by atomic mass is 35.5. The number of carbonyl (C=O) groups excluding carboxylic acids is 2. The molecule has 0 aliphatic rings. The van der Waals surface area contributed by atoms with Crippen molar-refractivity contribution in [3.05, 3.63) is 101 Å². The van der Waals surface area contributed by atoms with Crippen molar-refractivity contribution in [1.29, 1.82) is 0 Å². The fraction of sp³-hybridized carbons (Fsp3) is 0.240. The monoisotopic (exact) mass is 435 g/mol. The number of benzene rings is 2. The summed E-state index contributed by atoms with van der Waals surface area (Å²) in [6, 6.07) is 19.7. The molecule has 0 saturated heterocycles. The molecule has 160 valence electrons. The van der Waals surface area contributed by atoms with Crippen molar-refractivity contribution in [1.82, 2.24) is 15.2 Å². The number of rotatable bonds is 9. The topological polar surface area (TPSA) is 62.3 Å². The van der Waals surface area contributed by atoms with E-state index in [-0.39, 0.29) is 11.8 Å². The van der Waals surface area contributed by atoms with Crippen LogP contribution in [0.15, 0.2) is 79.1 Å². The molecule has 1 atom stereocenters. The molecule has 0 aliphatic carbocycles. The first-order chi connectivity index (χ1) is 15.1. The van der Waals surface area contributed by atoms with Crippen molar-refractivity contribution >= 4 is 23.4 Å². The zero-order valence-electron chi connectivity index (χ0n) is 17.5. The molecule has 0 spiro atoms. The molecule has 2 amide bonds. The fourth-order valence-electron chi connectivity index (χ4n) is 3.36. The zero-order chi connectivity index (χ0) is 22.1. The van der Waals surface area contributed by atoms with E-state index in [9.17, 15) is 9.59 Å². The Labute approximate surface area is 188 Å². The first-order valence-electron chi connectivity index (χ1n) is 10.3. The summed E-state index contributed by atoms with van der Waals surface area (Å²) in [4.78, 5) is 32.2. The molecule has 1 unspecified atom stereocenters. The Morgan fingerprint density at radius 1 is 0.968 bits per heavy atom. The lowest BCUT2D eigenvalue weighted by Gasteiger charge is -2.31. The molecule has 0 bridgehead atoms. The van der Waals surface area contributed by atoms with Crippen molar-refractivity contribution in [2.75, 3.05) is 0 Å². The van der Waals surface area contributed by atoms with Gasteiger partial charge in [0.05, 0.1) is 0 Å². The van der Waals surface area contributed by atoms with Crippen molar-refractivity contribution < 1.29 is 9.59 Å². The van der Waals surface area contributed by atoms with E-state index >= 15 is 0 Å². The van der Waals surface area contributed by atoms with Crippen molar-refractivity contribution in [3.63, 3.8) is 0 Å². The van der Waals surface area contributed by atoms with E-state index < -0.39 is 6.04 Å². The standard InChI is InChI=1S/C25H26ClN3O2/c1-2-6-23(30)29(18-20-9-11-22(26)12-10-20)24(21-7-4-3-5-8-21)25(31)28-17-19-13-15-27-16-14-19/h3-5,7-16,24H,2,6,17-18H2,1H3,(H,28,31). The van der Waals surface area contributed by atoms with Crippen LogP contribution in [0.2, 0.25) is 5.02 Å². The maximum Gasteiger partial charge on any atom is 0.247 e. The van der Waals surface area contributed by atoms with Crippen molar-refractivity contribution in [3.8, 4) is 0 Å². The number of hydrogen-bond acceptors (Lipinski definition) is 3. The summed E-state index contributed by atoms with van der Waals surface area (Å²) in [5, 5.41) is 3.62. The second-order valence-electron chi connectivity index (χ2n) is 7.28. The van der Waals surface area contributed by atoms with E-state index in [4.69, 9.17) is 11.6 Å². The largest absolute Gasteiger partial charge is 0.350 e. The lowest BCUT2D eigenvalue weighted by Crippen LogP contribution is -2.43. The third-order valence-corrected chi connectivity index (χ3v) is 5.19. The van der Waals surface area contributed by atoms with E-state index in [1.807, 2.05) is 61.5 Å². The Morgan fingerprint density at radius 3 is 2.29 bits per heavy atom. The number of nitrogens with zero attached hydrogens (tertiary/aromatic N) is 2. The first-order valence-corrected chi connectivity index (χ1v) is 10.7. The van der Waals surface area contributed by atoms with Crippen LogP contribution in [-0.2, 0) is 22.7 Å². The van der Waals surface area contributed by atoms with Gasteiger partial charge < -0.3 is 10.2 Å². The van der Waals surface area contributed by atoms with Crippen LogP contribution in [0.1, 0.15) is 42.5 Å². The summed E-state index contributed by atoms with van der Waals surface area (Å²) < 4.78 is 0. The molecule has 3 rings (SSSR count). The van der Waals surface area contributed by atoms with Crippen LogP contribution >= 0.6 is 11.6 Å². The Kier molecular flexibility index (Phi) is 8.19. The molecule has 1 N–H and O–H groups in total. The highest BCUT2D eigenvalue weighted by molar-refractivity contribution is 6.30. The second kappa shape index (κ2) is 11.3. The van der Waals surface area contributed by atoms with Crippen LogP contribution in [0.25, 0.3) is 0 Å². The zero-order valence-corrected chi connectivity index (χ0v) is 18.3. The first kappa shape index (κ1) is 22.5. The average molecular weight is 436 g/mol. The second-order valence-corrected chi connectivity index (χ2v) is 7.72. The van der Waals surface area contributed by atoms with Crippen molar-refractivity contribution in [2.45, 2.75) is 38.9 Å². The van der Waals surface area contributed by atoms with E-state index in [0.29, 0.717) is 31.0 Å². The minimum absolute atomic E-state index is 0.0645. The van der Waals surface area contributed by atoms with Gasteiger partial charge in [-0.2, -0.15) is 0 Å². The summed E-state index contributed by atoms with van der Waals surface area (Å²) in [5.41, 5.74) is 2.63. The van der Waals surface area contributed by atoms with Gasteiger partial charge in [-0.1, -0.05) is 61.0 Å². The van der Waals surface area contributed by atoms with Gasteiger partial charge in [-0.25, -0.2) is 0 Å². The SMILES string of the molecule is CCCC(=O)N(Cc1ccc(Cl)cc1)C(C(=O)NCc1ccncc1)c1ccccc1. The van der Waals surface area contributed by atoms with Crippen molar-refractivity contribution in [2.24, 2.45) is 0 Å². The Bertz CT molecular complexity index is 979. The van der Waals surface area contributed by atoms with E-state index in [1.54, 1.807) is 29.4 Å². The molecule has 31 heavy (non-hydrogen) atoms. The molecule has 5 nitrogen and oxygen atoms in total. The molecule has 0 aliphatic heterocycles. The number of carbonyl (C=O) groups is 2. The third-order valence-electron chi connectivity index (χ3n) is 4.94. The summed E-state index contributed by atoms with van der Waals surface area (Å²) in [5.74, 6) is -0.285. The molecule has 0 radical (unpaired) electrons. The quantitative estimate of drug-likeness (QED) is 0.518. The molecule has 1 aromatic heterocycles. The Morgan fingerprint density at radius 2 is 1.65 bits per heavy atom. The fourth-order valence-corrected chi connectivity index (χ4v) is 3.49. The molecular weight excluding hydrogens is 410 g/mol. The van der Waals surface area contributed by atoms with Crippen LogP contribution in [-0.4, -0.2) is 21.7 Å². The lowest BCUT2D eigenvalue weighted by molar-refractivity contribution is -0.141. The maximum atomic E-state index is 13.4. The van der Waals surface area contributed by atoms with Crippen LogP contribution < -0.4 is 5.32 Å². The molecule has 3 aromatic rings. The number of amides is 2. The molecule has 0 saturated carbocycles. The number of halogens is 1. The molecule has 2 aromatic carbocycles. The predicted octanol–water partition coefficient (Wildman–Crippen LogP) is 4.92. The van der Waals surface area contributed by atoms with E-state index in [1.165, 1.54) is 0 Å². The molecular formula is C25H26ClN3O2. The lowest BCUT2D eigenvalue weighted by atomic mass is 10.0. The van der Waals surface area contributed by atoms with Gasteiger partial charge in [-0.3, -0.25) is 14.6 Å². The van der Waals surface area contributed by atoms with Gasteiger partial charge in [-0.15, -0.1) is 0 Å². The summed E-state index contributed by atoms with van der Waals surface area (Å²) in [7, 11) is 0. The van der Waals surface area contributed by atoms with Gasteiger partial charge in [0.15, 0.2) is 0 Å². The normalized spacial score (nSPS) is 11.5. The third kappa shape index (κ3) is 6.40. The minimum Gasteiger partial charge on any atom is -0.350 e. The molecule has 1 heterocycles. The Hall–Kier alpha value is -3.18. The van der Waals surface area contributed by atoms with E-state index in [0.717, 1.165) is 16.7 Å². The number of pyridine rings is 1. The molecule has 0 fully saturated rings. The predicted molar refractivity (Wildman–Crippen MR) is 122 cm³/mol. The van der Waals surface area contributed by atoms with E-state index in [2.05, 4.69) is 10.3 Å². The molecule has 6 heteroatoms. The summed E-state index contributed by atoms with van der Waals surface area (Å²) in [6.07, 6.45) is 4.45. The average Bonchev–Trinajstić information content (AvgIpc) is 2.80. The smallest absolute Gasteiger partial charge is 0.247 e. The maximum absolute atomic E-state index is 13.4. The summed E-state index contributed by atoms with van der Waals surface area (Å²) in [6.45, 7) is 2.64. The highest BCUT2D eigenvalue weighted by Gasteiger charge is 2.31. The van der Waals surface area contributed by atoms with Crippen LogP contribution in [0.5, 0.6) is 0 Å². The van der Waals surface area contributed by atoms with Crippen LogP contribution in [0.4, 0.5) is 0 Å². The van der Waals surface area contributed by atoms with Crippen LogP contribution in [0, 0.1) is 0 Å². The number of hydrogen-bond donors (Lipinski definition) is 1. The Balaban J connectivity index is 1.91. The van der Waals surface area contributed by atoms with Gasteiger partial charge in [0.2, 0.25) is 11.8 Å². The number of aromatic nitrogens is 1.